The van der Waals surface area contributed by atoms with Crippen LogP contribution in [0, 0.1) is 0 Å². The van der Waals surface area contributed by atoms with E-state index in [-0.39, 0.29) is 0 Å². The summed E-state index contributed by atoms with van der Waals surface area (Å²) in [5.41, 5.74) is 1.84. The Hall–Kier alpha value is -0.490. The molecule has 4 nitrogen and oxygen atoms in total. The van der Waals surface area contributed by atoms with Crippen molar-refractivity contribution in [3.8, 4) is 0 Å². The van der Waals surface area contributed by atoms with E-state index in [1.807, 2.05) is 11.7 Å². The van der Waals surface area contributed by atoms with E-state index < -0.39 is 0 Å². The second-order valence-electron chi connectivity index (χ2n) is 3.32. The van der Waals surface area contributed by atoms with Crippen LogP contribution in [0.1, 0.15) is 11.8 Å². The van der Waals surface area contributed by atoms with Crippen LogP contribution in [-0.2, 0) is 16.0 Å². The number of thiazole rings is 1. The number of hydrogen-bond acceptors (Lipinski definition) is 5. The molecule has 15 heavy (non-hydrogen) atoms. The van der Waals surface area contributed by atoms with Gasteiger partial charge >= 0.3 is 0 Å². The highest BCUT2D eigenvalue weighted by Gasteiger charge is 2.02. The van der Waals surface area contributed by atoms with Gasteiger partial charge in [-0.2, -0.15) is 0 Å². The molecular formula is C10H18N2O2S. The summed E-state index contributed by atoms with van der Waals surface area (Å²) in [6.45, 7) is 4.99. The molecule has 0 amide bonds. The largest absolute Gasteiger partial charge is 0.382 e. The van der Waals surface area contributed by atoms with Crippen molar-refractivity contribution < 1.29 is 9.47 Å². The topological polar surface area (TPSA) is 43.4 Å². The number of nitrogens with one attached hydrogen (secondary N) is 1. The lowest BCUT2D eigenvalue weighted by atomic mass is 10.3. The van der Waals surface area contributed by atoms with Gasteiger partial charge in [0.15, 0.2) is 0 Å². The number of ether oxygens (including phenoxy) is 2. The molecule has 0 aromatic carbocycles. The summed E-state index contributed by atoms with van der Waals surface area (Å²) < 4.78 is 10.3. The van der Waals surface area contributed by atoms with Gasteiger partial charge in [-0.15, -0.1) is 11.3 Å². The van der Waals surface area contributed by atoms with Crippen LogP contribution in [0.2, 0.25) is 0 Å². The standard InChI is InChI=1S/C10H18N2O2S/c1-9(7-14-4-3-13-2)12-6-10-5-11-8-15-10/h5,8-9,12H,3-4,6-7H2,1-2H3. The maximum atomic E-state index is 5.41. The fourth-order valence-electron chi connectivity index (χ4n) is 1.07. The van der Waals surface area contributed by atoms with Crippen LogP contribution in [0.25, 0.3) is 0 Å². The Morgan fingerprint density at radius 3 is 3.07 bits per heavy atom. The van der Waals surface area contributed by atoms with E-state index in [2.05, 4.69) is 17.2 Å². The molecule has 0 spiro atoms. The average Bonchev–Trinajstić information content (AvgIpc) is 2.74. The zero-order valence-electron chi connectivity index (χ0n) is 9.23. The van der Waals surface area contributed by atoms with Gasteiger partial charge in [0.05, 0.1) is 25.3 Å². The van der Waals surface area contributed by atoms with Crippen LogP contribution >= 0.6 is 11.3 Å². The number of nitrogens with zero attached hydrogens (tertiary/aromatic N) is 1. The summed E-state index contributed by atoms with van der Waals surface area (Å²) in [5, 5.41) is 3.37. The molecule has 0 aliphatic carbocycles. The van der Waals surface area contributed by atoms with E-state index >= 15 is 0 Å². The highest BCUT2D eigenvalue weighted by Crippen LogP contribution is 2.04. The van der Waals surface area contributed by atoms with Gasteiger partial charge in [0, 0.05) is 30.8 Å². The predicted molar refractivity (Wildman–Crippen MR) is 61.1 cm³/mol. The minimum atomic E-state index is 0.351. The third-order valence-electron chi connectivity index (χ3n) is 1.91. The molecule has 1 atom stereocenters. The molecular weight excluding hydrogens is 212 g/mol. The molecule has 0 aliphatic rings. The Morgan fingerprint density at radius 1 is 1.53 bits per heavy atom. The SMILES string of the molecule is COCCOCC(C)NCc1cncs1. The van der Waals surface area contributed by atoms with Gasteiger partial charge in [-0.3, -0.25) is 4.98 Å². The number of rotatable bonds is 8. The van der Waals surface area contributed by atoms with Crippen LogP contribution in [0.3, 0.4) is 0 Å². The summed E-state index contributed by atoms with van der Waals surface area (Å²) in [5.74, 6) is 0. The highest BCUT2D eigenvalue weighted by molar-refractivity contribution is 7.09. The Bertz CT molecular complexity index is 242. The third-order valence-corrected chi connectivity index (χ3v) is 2.69. The Balaban J connectivity index is 2.01. The molecule has 0 aliphatic heterocycles. The first-order valence-corrected chi connectivity index (χ1v) is 5.88. The van der Waals surface area contributed by atoms with E-state index in [1.54, 1.807) is 18.4 Å². The predicted octanol–water partition coefficient (Wildman–Crippen LogP) is 1.28. The zero-order chi connectivity index (χ0) is 10.9. The molecule has 0 bridgehead atoms. The van der Waals surface area contributed by atoms with Gasteiger partial charge in [0.1, 0.15) is 0 Å². The normalized spacial score (nSPS) is 12.9. The Labute approximate surface area is 94.6 Å². The molecule has 1 N–H and O–H groups in total. The van der Waals surface area contributed by atoms with Gasteiger partial charge in [-0.1, -0.05) is 0 Å². The fourth-order valence-corrected chi connectivity index (χ4v) is 1.61. The summed E-state index contributed by atoms with van der Waals surface area (Å²) in [6.07, 6.45) is 1.89. The molecule has 0 radical (unpaired) electrons. The first-order chi connectivity index (χ1) is 7.33. The molecule has 1 heterocycles. The van der Waals surface area contributed by atoms with Crippen molar-refractivity contribution in [2.24, 2.45) is 0 Å². The van der Waals surface area contributed by atoms with Crippen molar-refractivity contribution >= 4 is 11.3 Å². The van der Waals surface area contributed by atoms with Crippen molar-refractivity contribution in [3.63, 3.8) is 0 Å². The molecule has 86 valence electrons. The van der Waals surface area contributed by atoms with Crippen molar-refractivity contribution in [2.45, 2.75) is 19.5 Å². The molecule has 0 fully saturated rings. The van der Waals surface area contributed by atoms with Crippen molar-refractivity contribution in [1.29, 1.82) is 0 Å². The lowest BCUT2D eigenvalue weighted by molar-refractivity contribution is 0.0609. The van der Waals surface area contributed by atoms with Gasteiger partial charge in [0.25, 0.3) is 0 Å². The second-order valence-corrected chi connectivity index (χ2v) is 4.29. The van der Waals surface area contributed by atoms with Crippen molar-refractivity contribution in [2.75, 3.05) is 26.9 Å². The molecule has 1 aromatic heterocycles. The van der Waals surface area contributed by atoms with Crippen molar-refractivity contribution in [1.82, 2.24) is 10.3 Å². The van der Waals surface area contributed by atoms with Gasteiger partial charge in [-0.05, 0) is 6.92 Å². The minimum Gasteiger partial charge on any atom is -0.382 e. The first kappa shape index (κ1) is 12.6. The van der Waals surface area contributed by atoms with Gasteiger partial charge in [-0.25, -0.2) is 0 Å². The van der Waals surface area contributed by atoms with Crippen molar-refractivity contribution in [3.05, 3.63) is 16.6 Å². The maximum absolute atomic E-state index is 5.41. The summed E-state index contributed by atoms with van der Waals surface area (Å²) in [4.78, 5) is 5.27. The van der Waals surface area contributed by atoms with Crippen LogP contribution in [-0.4, -0.2) is 38.0 Å². The lowest BCUT2D eigenvalue weighted by Gasteiger charge is -2.13. The lowest BCUT2D eigenvalue weighted by Crippen LogP contribution is -2.30. The quantitative estimate of drug-likeness (QED) is 0.683. The molecule has 1 aromatic rings. The van der Waals surface area contributed by atoms with E-state index in [0.29, 0.717) is 25.9 Å². The van der Waals surface area contributed by atoms with Crippen LogP contribution in [0.4, 0.5) is 0 Å². The maximum Gasteiger partial charge on any atom is 0.0794 e. The summed E-state index contributed by atoms with van der Waals surface area (Å²) in [7, 11) is 1.68. The second kappa shape index (κ2) is 7.76. The molecule has 1 unspecified atom stereocenters. The molecule has 0 saturated heterocycles. The minimum absolute atomic E-state index is 0.351. The summed E-state index contributed by atoms with van der Waals surface area (Å²) >= 11 is 1.66. The van der Waals surface area contributed by atoms with E-state index in [9.17, 15) is 0 Å². The van der Waals surface area contributed by atoms with E-state index in [4.69, 9.17) is 9.47 Å². The van der Waals surface area contributed by atoms with Crippen LogP contribution in [0.5, 0.6) is 0 Å². The monoisotopic (exact) mass is 230 g/mol. The Morgan fingerprint density at radius 2 is 2.40 bits per heavy atom. The number of aromatic nitrogens is 1. The van der Waals surface area contributed by atoms with E-state index in [1.165, 1.54) is 4.88 Å². The average molecular weight is 230 g/mol. The smallest absolute Gasteiger partial charge is 0.0794 e. The number of methoxy groups -OCH3 is 1. The summed E-state index contributed by atoms with van der Waals surface area (Å²) in [6, 6.07) is 0.351. The van der Waals surface area contributed by atoms with Gasteiger partial charge in [0.2, 0.25) is 0 Å². The van der Waals surface area contributed by atoms with E-state index in [0.717, 1.165) is 6.54 Å². The third kappa shape index (κ3) is 5.84. The molecule has 1 rings (SSSR count). The fraction of sp³-hybridized carbons (Fsp3) is 0.700. The zero-order valence-corrected chi connectivity index (χ0v) is 10.0. The molecule has 0 saturated carbocycles. The van der Waals surface area contributed by atoms with Crippen LogP contribution < -0.4 is 5.32 Å². The van der Waals surface area contributed by atoms with Gasteiger partial charge < -0.3 is 14.8 Å². The molecule has 5 heteroatoms. The first-order valence-electron chi connectivity index (χ1n) is 5.00. The highest BCUT2D eigenvalue weighted by atomic mass is 32.1. The number of hydrogen-bond donors (Lipinski definition) is 1. The Kier molecular flexibility index (Phi) is 6.50. The van der Waals surface area contributed by atoms with Crippen LogP contribution in [0.15, 0.2) is 11.7 Å².